The van der Waals surface area contributed by atoms with Crippen molar-refractivity contribution in [2.45, 2.75) is 36.7 Å². The molecule has 6 nitrogen and oxygen atoms in total. The monoisotopic (exact) mass is 259 g/mol. The molecule has 0 saturated heterocycles. The SMILES string of the molecule is O=S(=O)(NCC1CCCCC1O)c1cn[nH]c1. The number of rotatable bonds is 4. The predicted molar refractivity (Wildman–Crippen MR) is 61.7 cm³/mol. The Hall–Kier alpha value is -0.920. The average molecular weight is 259 g/mol. The molecule has 1 saturated carbocycles. The summed E-state index contributed by atoms with van der Waals surface area (Å²) < 4.78 is 26.1. The number of aromatic nitrogens is 2. The van der Waals surface area contributed by atoms with Gasteiger partial charge in [0.2, 0.25) is 10.0 Å². The van der Waals surface area contributed by atoms with Gasteiger partial charge in [-0.2, -0.15) is 5.10 Å². The minimum atomic E-state index is -3.49. The summed E-state index contributed by atoms with van der Waals surface area (Å²) in [5, 5.41) is 15.8. The van der Waals surface area contributed by atoms with Gasteiger partial charge in [0, 0.05) is 12.7 Å². The van der Waals surface area contributed by atoms with Crippen LogP contribution >= 0.6 is 0 Å². The Morgan fingerprint density at radius 3 is 2.88 bits per heavy atom. The molecule has 1 aliphatic carbocycles. The summed E-state index contributed by atoms with van der Waals surface area (Å²) in [6.45, 7) is 0.286. The lowest BCUT2D eigenvalue weighted by molar-refractivity contribution is 0.0724. The highest BCUT2D eigenvalue weighted by Crippen LogP contribution is 2.24. The van der Waals surface area contributed by atoms with E-state index in [2.05, 4.69) is 14.9 Å². The van der Waals surface area contributed by atoms with Crippen LogP contribution in [-0.2, 0) is 10.0 Å². The van der Waals surface area contributed by atoms with Crippen molar-refractivity contribution in [3.05, 3.63) is 12.4 Å². The molecule has 3 N–H and O–H groups in total. The van der Waals surface area contributed by atoms with Crippen molar-refractivity contribution in [3.8, 4) is 0 Å². The number of hydrogen-bond acceptors (Lipinski definition) is 4. The van der Waals surface area contributed by atoms with E-state index < -0.39 is 16.1 Å². The molecule has 1 fully saturated rings. The molecule has 1 aromatic rings. The summed E-state index contributed by atoms with van der Waals surface area (Å²) in [6.07, 6.45) is 5.91. The van der Waals surface area contributed by atoms with Crippen LogP contribution in [0.4, 0.5) is 0 Å². The van der Waals surface area contributed by atoms with E-state index in [4.69, 9.17) is 0 Å². The molecule has 1 heterocycles. The number of sulfonamides is 1. The fraction of sp³-hybridized carbons (Fsp3) is 0.700. The van der Waals surface area contributed by atoms with E-state index in [-0.39, 0.29) is 17.4 Å². The highest BCUT2D eigenvalue weighted by molar-refractivity contribution is 7.89. The summed E-state index contributed by atoms with van der Waals surface area (Å²) in [5.41, 5.74) is 0. The highest BCUT2D eigenvalue weighted by atomic mass is 32.2. The molecular formula is C10H17N3O3S. The van der Waals surface area contributed by atoms with Crippen LogP contribution in [0.3, 0.4) is 0 Å². The Labute approximate surface area is 100 Å². The van der Waals surface area contributed by atoms with E-state index in [1.54, 1.807) is 0 Å². The van der Waals surface area contributed by atoms with Gasteiger partial charge in [0.25, 0.3) is 0 Å². The lowest BCUT2D eigenvalue weighted by Gasteiger charge is -2.27. The van der Waals surface area contributed by atoms with Crippen molar-refractivity contribution in [1.82, 2.24) is 14.9 Å². The Morgan fingerprint density at radius 1 is 1.47 bits per heavy atom. The van der Waals surface area contributed by atoms with Crippen molar-refractivity contribution >= 4 is 10.0 Å². The number of aliphatic hydroxyl groups excluding tert-OH is 1. The zero-order valence-electron chi connectivity index (χ0n) is 9.46. The van der Waals surface area contributed by atoms with E-state index in [0.29, 0.717) is 0 Å². The Kier molecular flexibility index (Phi) is 3.80. The lowest BCUT2D eigenvalue weighted by atomic mass is 9.87. The fourth-order valence-corrected chi connectivity index (χ4v) is 3.11. The normalized spacial score (nSPS) is 25.9. The van der Waals surface area contributed by atoms with Crippen molar-refractivity contribution in [2.24, 2.45) is 5.92 Å². The van der Waals surface area contributed by atoms with Crippen molar-refractivity contribution in [2.75, 3.05) is 6.54 Å². The number of nitrogens with zero attached hydrogens (tertiary/aromatic N) is 1. The Bertz CT molecular complexity index is 443. The van der Waals surface area contributed by atoms with E-state index in [1.807, 2.05) is 0 Å². The minimum Gasteiger partial charge on any atom is -0.393 e. The first-order valence-corrected chi connectivity index (χ1v) is 7.24. The summed E-state index contributed by atoms with van der Waals surface area (Å²) in [5.74, 6) is 0.0189. The molecule has 0 aliphatic heterocycles. The molecule has 96 valence electrons. The molecule has 0 bridgehead atoms. The van der Waals surface area contributed by atoms with Crippen molar-refractivity contribution in [1.29, 1.82) is 0 Å². The van der Waals surface area contributed by atoms with Gasteiger partial charge in [-0.3, -0.25) is 5.10 Å². The van der Waals surface area contributed by atoms with E-state index >= 15 is 0 Å². The number of nitrogens with one attached hydrogen (secondary N) is 2. The third-order valence-electron chi connectivity index (χ3n) is 3.19. The second-order valence-corrected chi connectivity index (χ2v) is 6.16. The quantitative estimate of drug-likeness (QED) is 0.721. The van der Waals surface area contributed by atoms with Crippen LogP contribution in [0.1, 0.15) is 25.7 Å². The summed E-state index contributed by atoms with van der Waals surface area (Å²) in [6, 6.07) is 0. The third kappa shape index (κ3) is 3.05. The predicted octanol–water partition coefficient (Wildman–Crippen LogP) is 0.239. The average Bonchev–Trinajstić information content (AvgIpc) is 2.82. The summed E-state index contributed by atoms with van der Waals surface area (Å²) >= 11 is 0. The molecule has 0 radical (unpaired) electrons. The summed E-state index contributed by atoms with van der Waals surface area (Å²) in [4.78, 5) is 0.128. The largest absolute Gasteiger partial charge is 0.393 e. The maximum atomic E-state index is 11.8. The van der Waals surface area contributed by atoms with E-state index in [9.17, 15) is 13.5 Å². The zero-order chi connectivity index (χ0) is 12.3. The lowest BCUT2D eigenvalue weighted by Crippen LogP contribution is -2.36. The topological polar surface area (TPSA) is 95.1 Å². The number of hydrogen-bond donors (Lipinski definition) is 3. The van der Waals surface area contributed by atoms with Crippen LogP contribution in [0.2, 0.25) is 0 Å². The second-order valence-electron chi connectivity index (χ2n) is 4.40. The maximum Gasteiger partial charge on any atom is 0.243 e. The van der Waals surface area contributed by atoms with Gasteiger partial charge in [-0.05, 0) is 18.8 Å². The molecular weight excluding hydrogens is 242 g/mol. The van der Waals surface area contributed by atoms with Crippen LogP contribution in [0.15, 0.2) is 17.3 Å². The van der Waals surface area contributed by atoms with E-state index in [0.717, 1.165) is 25.7 Å². The second kappa shape index (κ2) is 5.16. The van der Waals surface area contributed by atoms with Crippen LogP contribution in [0, 0.1) is 5.92 Å². The van der Waals surface area contributed by atoms with Crippen molar-refractivity contribution in [3.63, 3.8) is 0 Å². The van der Waals surface area contributed by atoms with Crippen LogP contribution in [0.5, 0.6) is 0 Å². The molecule has 0 spiro atoms. The molecule has 2 atom stereocenters. The standard InChI is InChI=1S/C10H17N3O3S/c14-10-4-2-1-3-8(10)5-13-17(15,16)9-6-11-12-7-9/h6-8,10,13-14H,1-5H2,(H,11,12). The number of H-pyrrole nitrogens is 1. The smallest absolute Gasteiger partial charge is 0.243 e. The van der Waals surface area contributed by atoms with Gasteiger partial charge in [0.1, 0.15) is 4.90 Å². The molecule has 2 unspecified atom stereocenters. The first kappa shape index (κ1) is 12.5. The van der Waals surface area contributed by atoms with Gasteiger partial charge in [-0.15, -0.1) is 0 Å². The molecule has 1 aromatic heterocycles. The minimum absolute atomic E-state index is 0.0189. The van der Waals surface area contributed by atoms with Gasteiger partial charge in [-0.25, -0.2) is 13.1 Å². The van der Waals surface area contributed by atoms with Crippen LogP contribution in [0.25, 0.3) is 0 Å². The van der Waals surface area contributed by atoms with E-state index in [1.165, 1.54) is 12.4 Å². The Balaban J connectivity index is 1.93. The van der Waals surface area contributed by atoms with Crippen LogP contribution < -0.4 is 4.72 Å². The first-order valence-electron chi connectivity index (χ1n) is 5.76. The first-order chi connectivity index (χ1) is 8.09. The fourth-order valence-electron chi connectivity index (χ4n) is 2.11. The summed E-state index contributed by atoms with van der Waals surface area (Å²) in [7, 11) is -3.49. The van der Waals surface area contributed by atoms with Gasteiger partial charge < -0.3 is 5.11 Å². The van der Waals surface area contributed by atoms with Crippen molar-refractivity contribution < 1.29 is 13.5 Å². The maximum absolute atomic E-state index is 11.8. The van der Waals surface area contributed by atoms with Crippen LogP contribution in [-0.4, -0.2) is 36.4 Å². The highest BCUT2D eigenvalue weighted by Gasteiger charge is 2.25. The zero-order valence-corrected chi connectivity index (χ0v) is 10.3. The molecule has 0 aromatic carbocycles. The van der Waals surface area contributed by atoms with Gasteiger partial charge >= 0.3 is 0 Å². The molecule has 17 heavy (non-hydrogen) atoms. The van der Waals surface area contributed by atoms with Gasteiger partial charge in [-0.1, -0.05) is 12.8 Å². The molecule has 2 rings (SSSR count). The molecule has 7 heteroatoms. The van der Waals surface area contributed by atoms with Gasteiger partial charge in [0.05, 0.1) is 12.3 Å². The third-order valence-corrected chi connectivity index (χ3v) is 4.58. The molecule has 1 aliphatic rings. The molecule has 0 amide bonds. The number of aliphatic hydroxyl groups is 1. The number of aromatic amines is 1. The van der Waals surface area contributed by atoms with Gasteiger partial charge in [0.15, 0.2) is 0 Å². The Morgan fingerprint density at radius 2 is 2.24 bits per heavy atom.